The zero-order chi connectivity index (χ0) is 13.7. The van der Waals surface area contributed by atoms with Gasteiger partial charge in [-0.25, -0.2) is 0 Å². The third-order valence-electron chi connectivity index (χ3n) is 4.42. The molecule has 1 aromatic carbocycles. The molecule has 1 saturated carbocycles. The van der Waals surface area contributed by atoms with Crippen LogP contribution in [0.3, 0.4) is 0 Å². The van der Waals surface area contributed by atoms with Gasteiger partial charge in [0, 0.05) is 11.0 Å². The van der Waals surface area contributed by atoms with Crippen LogP contribution in [0.1, 0.15) is 44.6 Å². The number of benzene rings is 1. The van der Waals surface area contributed by atoms with E-state index in [-0.39, 0.29) is 5.60 Å². The van der Waals surface area contributed by atoms with Crippen molar-refractivity contribution in [2.75, 3.05) is 6.54 Å². The molecule has 0 atom stereocenters. The van der Waals surface area contributed by atoms with E-state index in [9.17, 15) is 0 Å². The van der Waals surface area contributed by atoms with Gasteiger partial charge in [0.1, 0.15) is 0 Å². The molecule has 0 aliphatic heterocycles. The van der Waals surface area contributed by atoms with Gasteiger partial charge in [-0.3, -0.25) is 0 Å². The Kier molecular flexibility index (Phi) is 5.43. The van der Waals surface area contributed by atoms with Crippen molar-refractivity contribution in [3.05, 3.63) is 34.3 Å². The molecule has 0 heterocycles. The highest BCUT2D eigenvalue weighted by molar-refractivity contribution is 9.10. The van der Waals surface area contributed by atoms with Crippen LogP contribution >= 0.6 is 15.9 Å². The SMILES string of the molecule is CCC1CCC(CN)(OCc2ccc(Br)cc2)CC1. The molecule has 2 N–H and O–H groups in total. The molecule has 1 aliphatic rings. The van der Waals surface area contributed by atoms with Crippen molar-refractivity contribution < 1.29 is 4.74 Å². The standard InChI is InChI=1S/C16H24BrNO/c1-2-13-7-9-16(12-18,10-8-13)19-11-14-3-5-15(17)6-4-14/h3-6,13H,2,7-12,18H2,1H3. The molecule has 0 spiro atoms. The van der Waals surface area contributed by atoms with E-state index in [1.54, 1.807) is 0 Å². The minimum atomic E-state index is -0.0846. The van der Waals surface area contributed by atoms with E-state index in [1.807, 2.05) is 0 Å². The zero-order valence-electron chi connectivity index (χ0n) is 11.7. The molecule has 2 rings (SSSR count). The largest absolute Gasteiger partial charge is 0.369 e. The maximum absolute atomic E-state index is 6.20. The lowest BCUT2D eigenvalue weighted by atomic mass is 9.77. The molecular weight excluding hydrogens is 302 g/mol. The number of ether oxygens (including phenoxy) is 1. The maximum atomic E-state index is 6.20. The van der Waals surface area contributed by atoms with E-state index >= 15 is 0 Å². The highest BCUT2D eigenvalue weighted by Crippen LogP contribution is 2.36. The van der Waals surface area contributed by atoms with E-state index in [0.717, 1.165) is 23.2 Å². The third kappa shape index (κ3) is 4.04. The van der Waals surface area contributed by atoms with Crippen molar-refractivity contribution in [1.82, 2.24) is 0 Å². The number of nitrogens with two attached hydrogens (primary N) is 1. The van der Waals surface area contributed by atoms with Gasteiger partial charge in [0.05, 0.1) is 12.2 Å². The third-order valence-corrected chi connectivity index (χ3v) is 4.95. The molecule has 0 saturated heterocycles. The van der Waals surface area contributed by atoms with Crippen LogP contribution in [-0.2, 0) is 11.3 Å². The van der Waals surface area contributed by atoms with E-state index in [0.29, 0.717) is 13.2 Å². The van der Waals surface area contributed by atoms with Gasteiger partial charge in [0.15, 0.2) is 0 Å². The molecule has 19 heavy (non-hydrogen) atoms. The van der Waals surface area contributed by atoms with Gasteiger partial charge in [-0.2, -0.15) is 0 Å². The lowest BCUT2D eigenvalue weighted by Crippen LogP contribution is -2.43. The van der Waals surface area contributed by atoms with Crippen LogP contribution < -0.4 is 5.73 Å². The van der Waals surface area contributed by atoms with Crippen LogP contribution in [-0.4, -0.2) is 12.1 Å². The van der Waals surface area contributed by atoms with Gasteiger partial charge < -0.3 is 10.5 Å². The summed E-state index contributed by atoms with van der Waals surface area (Å²) in [5.74, 6) is 0.871. The van der Waals surface area contributed by atoms with Gasteiger partial charge in [-0.15, -0.1) is 0 Å². The monoisotopic (exact) mass is 325 g/mol. The van der Waals surface area contributed by atoms with Gasteiger partial charge in [-0.1, -0.05) is 41.4 Å². The molecule has 0 unspecified atom stereocenters. The van der Waals surface area contributed by atoms with Gasteiger partial charge in [0.2, 0.25) is 0 Å². The Hall–Kier alpha value is -0.380. The highest BCUT2D eigenvalue weighted by Gasteiger charge is 2.34. The van der Waals surface area contributed by atoms with Crippen LogP contribution in [0.2, 0.25) is 0 Å². The second-order valence-electron chi connectivity index (χ2n) is 5.65. The summed E-state index contributed by atoms with van der Waals surface area (Å²) >= 11 is 3.45. The van der Waals surface area contributed by atoms with Crippen molar-refractivity contribution in [3.8, 4) is 0 Å². The topological polar surface area (TPSA) is 35.2 Å². The summed E-state index contributed by atoms with van der Waals surface area (Å²) in [6.07, 6.45) is 6.02. The Balaban J connectivity index is 1.90. The second-order valence-corrected chi connectivity index (χ2v) is 6.57. The average molecular weight is 326 g/mol. The predicted molar refractivity (Wildman–Crippen MR) is 83.0 cm³/mol. The van der Waals surface area contributed by atoms with E-state index in [2.05, 4.69) is 47.1 Å². The molecular formula is C16H24BrNO. The summed E-state index contributed by atoms with van der Waals surface area (Å²) in [4.78, 5) is 0. The molecule has 3 heteroatoms. The van der Waals surface area contributed by atoms with Crippen molar-refractivity contribution in [2.24, 2.45) is 11.7 Å². The first-order chi connectivity index (χ1) is 9.17. The summed E-state index contributed by atoms with van der Waals surface area (Å²) in [5.41, 5.74) is 7.11. The molecule has 0 bridgehead atoms. The lowest BCUT2D eigenvalue weighted by Gasteiger charge is -2.39. The summed E-state index contributed by atoms with van der Waals surface area (Å²) in [6, 6.07) is 8.32. The number of halogens is 1. The van der Waals surface area contributed by atoms with E-state index in [4.69, 9.17) is 10.5 Å². The predicted octanol–water partition coefficient (Wildman–Crippen LogP) is 4.26. The van der Waals surface area contributed by atoms with Crippen LogP contribution in [0.5, 0.6) is 0 Å². The van der Waals surface area contributed by atoms with Crippen LogP contribution in [0.15, 0.2) is 28.7 Å². The molecule has 106 valence electrons. The van der Waals surface area contributed by atoms with Crippen molar-refractivity contribution in [2.45, 2.75) is 51.2 Å². The van der Waals surface area contributed by atoms with E-state index < -0.39 is 0 Å². The number of hydrogen-bond acceptors (Lipinski definition) is 2. The fourth-order valence-corrected chi connectivity index (χ4v) is 3.10. The molecule has 1 aliphatic carbocycles. The molecule has 0 radical (unpaired) electrons. The summed E-state index contributed by atoms with van der Waals surface area (Å²) in [6.45, 7) is 3.59. The van der Waals surface area contributed by atoms with E-state index in [1.165, 1.54) is 24.8 Å². The van der Waals surface area contributed by atoms with Crippen molar-refractivity contribution in [3.63, 3.8) is 0 Å². The maximum Gasteiger partial charge on any atom is 0.0808 e. The zero-order valence-corrected chi connectivity index (χ0v) is 13.3. The van der Waals surface area contributed by atoms with Crippen molar-refractivity contribution >= 4 is 15.9 Å². The number of rotatable bonds is 5. The molecule has 2 nitrogen and oxygen atoms in total. The van der Waals surface area contributed by atoms with Gasteiger partial charge in [0.25, 0.3) is 0 Å². The van der Waals surface area contributed by atoms with Crippen LogP contribution in [0, 0.1) is 5.92 Å². The normalized spacial score (nSPS) is 27.4. The van der Waals surface area contributed by atoms with Crippen LogP contribution in [0.4, 0.5) is 0 Å². The Morgan fingerprint density at radius 2 is 1.89 bits per heavy atom. The first kappa shape index (κ1) is 15.0. The lowest BCUT2D eigenvalue weighted by molar-refractivity contribution is -0.0813. The first-order valence-electron chi connectivity index (χ1n) is 7.26. The Bertz CT molecular complexity index is 382. The first-order valence-corrected chi connectivity index (χ1v) is 8.05. The minimum absolute atomic E-state index is 0.0846. The molecule has 0 aromatic heterocycles. The average Bonchev–Trinajstić information content (AvgIpc) is 2.47. The molecule has 1 fully saturated rings. The van der Waals surface area contributed by atoms with Crippen LogP contribution in [0.25, 0.3) is 0 Å². The summed E-state index contributed by atoms with van der Waals surface area (Å²) < 4.78 is 7.30. The fraction of sp³-hybridized carbons (Fsp3) is 0.625. The summed E-state index contributed by atoms with van der Waals surface area (Å²) in [5, 5.41) is 0. The van der Waals surface area contributed by atoms with Crippen molar-refractivity contribution in [1.29, 1.82) is 0 Å². The Labute approximate surface area is 124 Å². The minimum Gasteiger partial charge on any atom is -0.369 e. The fourth-order valence-electron chi connectivity index (χ4n) is 2.84. The number of hydrogen-bond donors (Lipinski definition) is 1. The van der Waals surface area contributed by atoms with Gasteiger partial charge in [-0.05, 0) is 49.3 Å². The quantitative estimate of drug-likeness (QED) is 0.877. The van der Waals surface area contributed by atoms with Gasteiger partial charge >= 0.3 is 0 Å². The Morgan fingerprint density at radius 1 is 1.26 bits per heavy atom. The summed E-state index contributed by atoms with van der Waals surface area (Å²) in [7, 11) is 0. The second kappa shape index (κ2) is 6.87. The molecule has 1 aromatic rings. The smallest absolute Gasteiger partial charge is 0.0808 e. The Morgan fingerprint density at radius 3 is 2.42 bits per heavy atom. The molecule has 0 amide bonds. The highest BCUT2D eigenvalue weighted by atomic mass is 79.9.